The van der Waals surface area contributed by atoms with Crippen molar-refractivity contribution in [3.63, 3.8) is 0 Å². The van der Waals surface area contributed by atoms with Gasteiger partial charge in [0.05, 0.1) is 12.1 Å². The molecule has 34 heavy (non-hydrogen) atoms. The zero-order chi connectivity index (χ0) is 24.7. The third-order valence-electron chi connectivity index (χ3n) is 4.68. The van der Waals surface area contributed by atoms with E-state index >= 15 is 0 Å². The van der Waals surface area contributed by atoms with Crippen molar-refractivity contribution < 1.29 is 27.6 Å². The lowest BCUT2D eigenvalue weighted by Crippen LogP contribution is -2.22. The summed E-state index contributed by atoms with van der Waals surface area (Å²) in [6.45, 7) is -0.0695. The van der Waals surface area contributed by atoms with Crippen molar-refractivity contribution in [2.24, 2.45) is 0 Å². The van der Waals surface area contributed by atoms with Crippen molar-refractivity contribution in [3.05, 3.63) is 89.5 Å². The van der Waals surface area contributed by atoms with Crippen LogP contribution in [-0.4, -0.2) is 31.3 Å². The lowest BCUT2D eigenvalue weighted by Gasteiger charge is -2.11. The van der Waals surface area contributed by atoms with E-state index < -0.39 is 17.6 Å². The molecule has 10 heteroatoms. The zero-order valence-electron chi connectivity index (χ0n) is 18.0. The Balaban J connectivity index is 1.58. The molecule has 4 N–H and O–H groups in total. The first-order valence-electron chi connectivity index (χ1n) is 10.1. The van der Waals surface area contributed by atoms with Gasteiger partial charge in [-0.2, -0.15) is 13.2 Å². The minimum Gasteiger partial charge on any atom is -0.376 e. The van der Waals surface area contributed by atoms with E-state index in [4.69, 9.17) is 0 Å². The second-order valence-corrected chi connectivity index (χ2v) is 7.17. The molecule has 7 nitrogen and oxygen atoms in total. The van der Waals surface area contributed by atoms with Gasteiger partial charge >= 0.3 is 6.18 Å². The van der Waals surface area contributed by atoms with Crippen molar-refractivity contribution in [2.75, 3.05) is 29.5 Å². The normalized spacial score (nSPS) is 10.8. The Morgan fingerprint density at radius 2 is 1.38 bits per heavy atom. The number of halogens is 3. The Kier molecular flexibility index (Phi) is 7.52. The largest absolute Gasteiger partial charge is 0.416 e. The summed E-state index contributed by atoms with van der Waals surface area (Å²) in [5, 5.41) is 10.5. The molecule has 176 valence electrons. The molecule has 0 heterocycles. The third kappa shape index (κ3) is 6.58. The highest BCUT2D eigenvalue weighted by Gasteiger charge is 2.30. The minimum atomic E-state index is -4.52. The molecule has 0 aliphatic heterocycles. The minimum absolute atomic E-state index is 0.000833. The summed E-state index contributed by atoms with van der Waals surface area (Å²) in [4.78, 5) is 36.3. The Labute approximate surface area is 193 Å². The van der Waals surface area contributed by atoms with Crippen molar-refractivity contribution in [2.45, 2.75) is 6.18 Å². The summed E-state index contributed by atoms with van der Waals surface area (Å²) in [5.74, 6) is -1.23. The maximum absolute atomic E-state index is 12.9. The van der Waals surface area contributed by atoms with Gasteiger partial charge in [0, 0.05) is 35.2 Å². The molecule has 0 aliphatic rings. The molecule has 0 aliphatic carbocycles. The molecule has 0 saturated heterocycles. The van der Waals surface area contributed by atoms with Gasteiger partial charge in [-0.05, 0) is 60.7 Å². The Morgan fingerprint density at radius 1 is 0.735 bits per heavy atom. The van der Waals surface area contributed by atoms with Crippen LogP contribution in [0.2, 0.25) is 0 Å². The molecule has 0 saturated carbocycles. The molecule has 0 atom stereocenters. The van der Waals surface area contributed by atoms with Gasteiger partial charge in [-0.3, -0.25) is 14.4 Å². The van der Waals surface area contributed by atoms with Crippen molar-refractivity contribution in [3.8, 4) is 0 Å². The lowest BCUT2D eigenvalue weighted by molar-refractivity contribution is -0.137. The van der Waals surface area contributed by atoms with Crippen LogP contribution in [0.25, 0.3) is 0 Å². The van der Waals surface area contributed by atoms with E-state index in [0.717, 1.165) is 12.1 Å². The standard InChI is InChI=1S/C24H21F3N4O3/c1-28-22(33)15-8-10-18(11-9-15)29-14-21(32)30-19-6-2-4-16(12-19)23(34)31-20-7-3-5-17(13-20)24(25,26)27/h2-13,29H,14H2,1H3,(H,28,33)(H,30,32)(H,31,34). The topological polar surface area (TPSA) is 99.3 Å². The average Bonchev–Trinajstić information content (AvgIpc) is 2.82. The molecule has 0 bridgehead atoms. The molecule has 0 aromatic heterocycles. The van der Waals surface area contributed by atoms with E-state index in [1.165, 1.54) is 31.3 Å². The number of rotatable bonds is 7. The molecule has 0 radical (unpaired) electrons. The highest BCUT2D eigenvalue weighted by atomic mass is 19.4. The van der Waals surface area contributed by atoms with E-state index in [1.54, 1.807) is 36.4 Å². The number of hydrogen-bond acceptors (Lipinski definition) is 4. The molecule has 3 amide bonds. The summed E-state index contributed by atoms with van der Waals surface area (Å²) in [6, 6.07) is 16.9. The second kappa shape index (κ2) is 10.5. The molecule has 0 unspecified atom stereocenters. The summed E-state index contributed by atoms with van der Waals surface area (Å²) in [5.41, 5.74) is 0.754. The molecule has 3 rings (SSSR count). The Hall–Kier alpha value is -4.34. The third-order valence-corrected chi connectivity index (χ3v) is 4.68. The summed E-state index contributed by atoms with van der Waals surface area (Å²) < 4.78 is 38.6. The molecular formula is C24H21F3N4O3. The number of anilines is 3. The van der Waals surface area contributed by atoms with Crippen molar-refractivity contribution in [1.82, 2.24) is 5.32 Å². The van der Waals surface area contributed by atoms with Gasteiger partial charge in [0.25, 0.3) is 11.8 Å². The van der Waals surface area contributed by atoms with E-state index in [0.29, 0.717) is 16.9 Å². The van der Waals surface area contributed by atoms with Gasteiger partial charge in [0.2, 0.25) is 5.91 Å². The highest BCUT2D eigenvalue weighted by molar-refractivity contribution is 6.05. The van der Waals surface area contributed by atoms with Gasteiger partial charge in [0.1, 0.15) is 0 Å². The van der Waals surface area contributed by atoms with E-state index in [-0.39, 0.29) is 29.6 Å². The molecular weight excluding hydrogens is 449 g/mol. The molecule has 3 aromatic carbocycles. The lowest BCUT2D eigenvalue weighted by atomic mass is 10.1. The number of alkyl halides is 3. The summed E-state index contributed by atoms with van der Waals surface area (Å²) in [6.07, 6.45) is -4.52. The van der Waals surface area contributed by atoms with E-state index in [2.05, 4.69) is 21.3 Å². The van der Waals surface area contributed by atoms with Crippen molar-refractivity contribution in [1.29, 1.82) is 0 Å². The first kappa shape index (κ1) is 24.3. The zero-order valence-corrected chi connectivity index (χ0v) is 18.0. The van der Waals surface area contributed by atoms with E-state index in [9.17, 15) is 27.6 Å². The monoisotopic (exact) mass is 470 g/mol. The Bertz CT molecular complexity index is 1190. The van der Waals surface area contributed by atoms with Crippen LogP contribution in [0.4, 0.5) is 30.2 Å². The van der Waals surface area contributed by atoms with Crippen LogP contribution in [-0.2, 0) is 11.0 Å². The van der Waals surface area contributed by atoms with Gasteiger partial charge in [-0.1, -0.05) is 12.1 Å². The van der Waals surface area contributed by atoms with Gasteiger partial charge in [-0.25, -0.2) is 0 Å². The fraction of sp³-hybridized carbons (Fsp3) is 0.125. The van der Waals surface area contributed by atoms with Crippen LogP contribution in [0.1, 0.15) is 26.3 Å². The highest BCUT2D eigenvalue weighted by Crippen LogP contribution is 2.30. The first-order chi connectivity index (χ1) is 16.2. The molecule has 0 spiro atoms. The quantitative estimate of drug-likeness (QED) is 0.412. The predicted octanol–water partition coefficient (Wildman–Crippen LogP) is 4.37. The van der Waals surface area contributed by atoms with E-state index in [1.807, 2.05) is 0 Å². The number of carbonyl (C=O) groups is 3. The molecule has 3 aromatic rings. The fourth-order valence-electron chi connectivity index (χ4n) is 2.99. The number of amides is 3. The van der Waals surface area contributed by atoms with Crippen LogP contribution >= 0.6 is 0 Å². The number of carbonyl (C=O) groups excluding carboxylic acids is 3. The maximum Gasteiger partial charge on any atom is 0.416 e. The smallest absolute Gasteiger partial charge is 0.376 e. The van der Waals surface area contributed by atoms with Crippen molar-refractivity contribution >= 4 is 34.8 Å². The maximum atomic E-state index is 12.9. The first-order valence-corrected chi connectivity index (χ1v) is 10.1. The van der Waals surface area contributed by atoms with Crippen LogP contribution in [0.3, 0.4) is 0 Å². The summed E-state index contributed by atoms with van der Waals surface area (Å²) >= 11 is 0. The van der Waals surface area contributed by atoms with Crippen LogP contribution in [0.5, 0.6) is 0 Å². The second-order valence-electron chi connectivity index (χ2n) is 7.17. The number of hydrogen-bond donors (Lipinski definition) is 4. The van der Waals surface area contributed by atoms with Crippen LogP contribution in [0.15, 0.2) is 72.8 Å². The Morgan fingerprint density at radius 3 is 2.03 bits per heavy atom. The molecule has 0 fully saturated rings. The number of benzene rings is 3. The van der Waals surface area contributed by atoms with Crippen LogP contribution in [0, 0.1) is 0 Å². The average molecular weight is 470 g/mol. The summed E-state index contributed by atoms with van der Waals surface area (Å²) in [7, 11) is 1.53. The van der Waals surface area contributed by atoms with Gasteiger partial charge in [0.15, 0.2) is 0 Å². The van der Waals surface area contributed by atoms with Gasteiger partial charge in [-0.15, -0.1) is 0 Å². The SMILES string of the molecule is CNC(=O)c1ccc(NCC(=O)Nc2cccc(C(=O)Nc3cccc(C(F)(F)F)c3)c2)cc1. The van der Waals surface area contributed by atoms with Gasteiger partial charge < -0.3 is 21.3 Å². The number of nitrogens with one attached hydrogen (secondary N) is 4. The van der Waals surface area contributed by atoms with Crippen LogP contribution < -0.4 is 21.3 Å². The predicted molar refractivity (Wildman–Crippen MR) is 123 cm³/mol. The fourth-order valence-corrected chi connectivity index (χ4v) is 2.99.